The molecule has 0 aromatic rings. The normalized spacial score (nSPS) is 12.0. The molecule has 0 saturated carbocycles. The predicted octanol–water partition coefficient (Wildman–Crippen LogP) is 14.8. The van der Waals surface area contributed by atoms with Crippen molar-refractivity contribution in [2.45, 2.75) is 161 Å². The summed E-state index contributed by atoms with van der Waals surface area (Å²) in [6, 6.07) is 0. The number of allylic oxidation sites excluding steroid dienone is 10. The second-order valence-electron chi connectivity index (χ2n) is 9.94. The molecule has 1 atom stereocenters. The average molecular weight is 579 g/mol. The zero-order valence-electron chi connectivity index (χ0n) is 30.1. The van der Waals surface area contributed by atoms with Gasteiger partial charge in [-0.1, -0.05) is 159 Å². The van der Waals surface area contributed by atoms with E-state index in [1.54, 1.807) is 24.3 Å². The van der Waals surface area contributed by atoms with Crippen LogP contribution in [0.4, 0.5) is 8.78 Å². The van der Waals surface area contributed by atoms with E-state index in [9.17, 15) is 8.78 Å². The second-order valence-corrected chi connectivity index (χ2v) is 9.94. The highest BCUT2D eigenvalue weighted by atomic mass is 19.1. The zero-order valence-corrected chi connectivity index (χ0v) is 30.1. The van der Waals surface area contributed by atoms with Crippen molar-refractivity contribution < 1.29 is 8.78 Å². The minimum absolute atomic E-state index is 0.426. The molecule has 0 aliphatic rings. The summed E-state index contributed by atoms with van der Waals surface area (Å²) in [4.78, 5) is 0. The van der Waals surface area contributed by atoms with E-state index in [2.05, 4.69) is 60.8 Å². The van der Waals surface area contributed by atoms with Crippen LogP contribution >= 0.6 is 0 Å². The summed E-state index contributed by atoms with van der Waals surface area (Å²) in [5.41, 5.74) is 5.73. The molecule has 0 radical (unpaired) electrons. The van der Waals surface area contributed by atoms with Crippen molar-refractivity contribution >= 4 is 0 Å². The maximum Gasteiger partial charge on any atom is 0.140 e. The van der Waals surface area contributed by atoms with Gasteiger partial charge in [0, 0.05) is 0 Å². The summed E-state index contributed by atoms with van der Waals surface area (Å²) in [6.07, 6.45) is 22.3. The van der Waals surface area contributed by atoms with E-state index in [4.69, 9.17) is 0 Å². The van der Waals surface area contributed by atoms with Gasteiger partial charge in [0.2, 0.25) is 0 Å². The van der Waals surface area contributed by atoms with Crippen LogP contribution in [0.5, 0.6) is 0 Å². The van der Waals surface area contributed by atoms with Gasteiger partial charge >= 0.3 is 0 Å². The van der Waals surface area contributed by atoms with E-state index in [0.29, 0.717) is 11.5 Å². The van der Waals surface area contributed by atoms with E-state index >= 15 is 0 Å². The quantitative estimate of drug-likeness (QED) is 0.134. The van der Waals surface area contributed by atoms with Crippen LogP contribution in [0.15, 0.2) is 77.4 Å². The fourth-order valence-corrected chi connectivity index (χ4v) is 3.41. The molecule has 0 rings (SSSR count). The highest BCUT2D eigenvalue weighted by Gasteiger charge is 2.06. The number of halogens is 2. The molecule has 0 aliphatic carbocycles. The second kappa shape index (κ2) is 40.2. The molecule has 0 aliphatic heterocycles. The number of alkyl halides is 1. The molecule has 2 heteroatoms. The molecular formula is C39H72F2. The van der Waals surface area contributed by atoms with Crippen LogP contribution in [0.2, 0.25) is 0 Å². The van der Waals surface area contributed by atoms with Crippen molar-refractivity contribution in [2.75, 3.05) is 0 Å². The molecule has 0 spiro atoms. The first-order valence-corrected chi connectivity index (χ1v) is 16.7. The molecule has 0 aromatic carbocycles. The van der Waals surface area contributed by atoms with Gasteiger partial charge in [0.05, 0.1) is 5.83 Å². The monoisotopic (exact) mass is 579 g/mol. The molecule has 0 N–H and O–H groups in total. The Morgan fingerprint density at radius 3 is 1.63 bits per heavy atom. The Morgan fingerprint density at radius 2 is 1.29 bits per heavy atom. The third-order valence-electron chi connectivity index (χ3n) is 5.70. The van der Waals surface area contributed by atoms with E-state index in [1.807, 2.05) is 47.6 Å². The fourth-order valence-electron chi connectivity index (χ4n) is 3.41. The zero-order chi connectivity index (χ0) is 33.1. The van der Waals surface area contributed by atoms with E-state index < -0.39 is 12.0 Å². The van der Waals surface area contributed by atoms with Crippen LogP contribution in [-0.2, 0) is 0 Å². The largest absolute Gasteiger partial charge is 0.238 e. The topological polar surface area (TPSA) is 0 Å². The van der Waals surface area contributed by atoms with Gasteiger partial charge in [-0.05, 0) is 73.6 Å². The molecule has 1 unspecified atom stereocenters. The van der Waals surface area contributed by atoms with Crippen LogP contribution in [0, 0.1) is 11.8 Å². The minimum atomic E-state index is -1.48. The molecular weight excluding hydrogens is 506 g/mol. The standard InChI is InChI=1S/C20H26F2.C12H26.C3H8.2C2H6/c1-7-10-19(14-20(22)13-17(6)21)18(8-2)12-9-11-16(5)15(3)4;1-4-7-10-12(9-6-3)11-8-5-2;1-3-2;2*1-2/h7-10,12-15,20H,2H2,1,3-6H3;12H,4-11H2,1-3H3;3H2,1-2H3;2*1-2H3/b10-7+,17-13?,18-12+,19-14+;;;;. The Labute approximate surface area is 258 Å². The third-order valence-corrected chi connectivity index (χ3v) is 5.70. The molecule has 0 nitrogen and oxygen atoms in total. The Bertz CT molecular complexity index is 713. The maximum absolute atomic E-state index is 13.8. The van der Waals surface area contributed by atoms with Crippen LogP contribution in [0.25, 0.3) is 0 Å². The van der Waals surface area contributed by atoms with Gasteiger partial charge in [0.25, 0.3) is 0 Å². The molecule has 242 valence electrons. The van der Waals surface area contributed by atoms with Gasteiger partial charge < -0.3 is 0 Å². The van der Waals surface area contributed by atoms with E-state index in [1.165, 1.54) is 70.8 Å². The first kappa shape index (κ1) is 48.8. The van der Waals surface area contributed by atoms with Crippen molar-refractivity contribution in [1.82, 2.24) is 0 Å². The average Bonchev–Trinajstić information content (AvgIpc) is 2.95. The molecule has 0 saturated heterocycles. The van der Waals surface area contributed by atoms with E-state index in [-0.39, 0.29) is 0 Å². The SMILES string of the molecule is C=CC(=C\C=C=C(C)C(C)C)/C(/C=C/C)=C/C(F)C=C(C)F.CC.CC.CCC.CCCCC(CCC)CCCC. The predicted molar refractivity (Wildman–Crippen MR) is 189 cm³/mol. The van der Waals surface area contributed by atoms with Gasteiger partial charge in [-0.3, -0.25) is 0 Å². The van der Waals surface area contributed by atoms with Crippen molar-refractivity contribution in [3.8, 4) is 0 Å². The molecule has 0 aromatic heterocycles. The molecule has 0 amide bonds. The van der Waals surface area contributed by atoms with Crippen molar-refractivity contribution in [3.05, 3.63) is 77.4 Å². The first-order chi connectivity index (χ1) is 19.6. The van der Waals surface area contributed by atoms with Crippen LogP contribution in [0.1, 0.15) is 155 Å². The van der Waals surface area contributed by atoms with Crippen LogP contribution in [-0.4, -0.2) is 6.17 Å². The molecule has 0 bridgehead atoms. The van der Waals surface area contributed by atoms with Crippen LogP contribution in [0.3, 0.4) is 0 Å². The van der Waals surface area contributed by atoms with Gasteiger partial charge in [0.15, 0.2) is 0 Å². The maximum atomic E-state index is 13.8. The lowest BCUT2D eigenvalue weighted by Crippen LogP contribution is -1.99. The smallest absolute Gasteiger partial charge is 0.140 e. The molecule has 41 heavy (non-hydrogen) atoms. The Hall–Kier alpha value is -1.92. The summed E-state index contributed by atoms with van der Waals surface area (Å²) < 4.78 is 26.5. The van der Waals surface area contributed by atoms with Gasteiger partial charge in [0.1, 0.15) is 6.17 Å². The van der Waals surface area contributed by atoms with Gasteiger partial charge in [-0.15, -0.1) is 5.73 Å². The first-order valence-electron chi connectivity index (χ1n) is 16.7. The van der Waals surface area contributed by atoms with Crippen LogP contribution < -0.4 is 0 Å². The highest BCUT2D eigenvalue weighted by Crippen LogP contribution is 2.21. The lowest BCUT2D eigenvalue weighted by Gasteiger charge is -2.14. The Morgan fingerprint density at radius 1 is 0.805 bits per heavy atom. The summed E-state index contributed by atoms with van der Waals surface area (Å²) in [6.45, 7) is 32.2. The van der Waals surface area contributed by atoms with Gasteiger partial charge in [-0.2, -0.15) is 0 Å². The van der Waals surface area contributed by atoms with Crippen molar-refractivity contribution in [3.63, 3.8) is 0 Å². The number of unbranched alkanes of at least 4 members (excludes halogenated alkanes) is 2. The Kier molecular flexibility index (Phi) is 47.9. The highest BCUT2D eigenvalue weighted by molar-refractivity contribution is 5.48. The molecule has 0 fully saturated rings. The third kappa shape index (κ3) is 38.1. The fraction of sp³-hybridized carbons (Fsp3) is 0.667. The minimum Gasteiger partial charge on any atom is -0.238 e. The molecule has 0 heterocycles. The number of hydrogen-bond donors (Lipinski definition) is 0. The van der Waals surface area contributed by atoms with E-state index in [0.717, 1.165) is 23.1 Å². The number of hydrogen-bond acceptors (Lipinski definition) is 0. The lowest BCUT2D eigenvalue weighted by atomic mass is 9.92. The Balaban J connectivity index is -0.000000191. The van der Waals surface area contributed by atoms with Gasteiger partial charge in [-0.25, -0.2) is 8.78 Å². The summed E-state index contributed by atoms with van der Waals surface area (Å²) in [5.74, 6) is 0.924. The summed E-state index contributed by atoms with van der Waals surface area (Å²) >= 11 is 0. The number of rotatable bonds is 15. The van der Waals surface area contributed by atoms with Crippen molar-refractivity contribution in [1.29, 1.82) is 0 Å². The summed E-state index contributed by atoms with van der Waals surface area (Å²) in [5, 5.41) is 0. The lowest BCUT2D eigenvalue weighted by molar-refractivity contribution is 0.390. The van der Waals surface area contributed by atoms with Crippen molar-refractivity contribution in [2.24, 2.45) is 11.8 Å². The summed E-state index contributed by atoms with van der Waals surface area (Å²) in [7, 11) is 0.